The van der Waals surface area contributed by atoms with Gasteiger partial charge in [0.2, 0.25) is 5.78 Å². The Morgan fingerprint density at radius 2 is 2.04 bits per heavy atom. The maximum absolute atomic E-state index is 12.9. The van der Waals surface area contributed by atoms with Crippen LogP contribution in [0.15, 0.2) is 34.2 Å². The van der Waals surface area contributed by atoms with Gasteiger partial charge in [0.25, 0.3) is 5.56 Å². The van der Waals surface area contributed by atoms with E-state index >= 15 is 0 Å². The number of hydrogen-bond acceptors (Lipinski definition) is 5. The summed E-state index contributed by atoms with van der Waals surface area (Å²) in [4.78, 5) is 12.9. The van der Waals surface area contributed by atoms with Crippen LogP contribution in [0.4, 0.5) is 0 Å². The van der Waals surface area contributed by atoms with Crippen LogP contribution in [0.25, 0.3) is 16.7 Å². The Labute approximate surface area is 144 Å². The van der Waals surface area contributed by atoms with Crippen molar-refractivity contribution in [3.63, 3.8) is 0 Å². The minimum absolute atomic E-state index is 0.0157. The third-order valence-electron chi connectivity index (χ3n) is 3.94. The predicted molar refractivity (Wildman–Crippen MR) is 96.6 cm³/mol. The van der Waals surface area contributed by atoms with Crippen molar-refractivity contribution >= 4 is 28.4 Å². The molecule has 1 aromatic carbocycles. The molecule has 0 spiro atoms. The predicted octanol–water partition coefficient (Wildman–Crippen LogP) is 2.56. The Morgan fingerprint density at radius 1 is 1.25 bits per heavy atom. The molecular weight excluding hydrogens is 324 g/mol. The summed E-state index contributed by atoms with van der Waals surface area (Å²) < 4.78 is 3.69. The topological polar surface area (TPSA) is 72.4 Å². The number of para-hydroxylation sites is 1. The lowest BCUT2D eigenvalue weighted by molar-refractivity contribution is 0.296. The normalized spacial score (nSPS) is 11.8. The van der Waals surface area contributed by atoms with Gasteiger partial charge in [0, 0.05) is 18.9 Å². The Kier molecular flexibility index (Phi) is 5.20. The van der Waals surface area contributed by atoms with Gasteiger partial charge in [-0.05, 0) is 30.9 Å². The van der Waals surface area contributed by atoms with Crippen molar-refractivity contribution in [3.8, 4) is 0 Å². The number of rotatable bonds is 7. The Hall–Kier alpha value is -1.86. The van der Waals surface area contributed by atoms with E-state index in [-0.39, 0.29) is 12.2 Å². The number of aliphatic hydroxyl groups is 1. The summed E-state index contributed by atoms with van der Waals surface area (Å²) in [6.45, 7) is 5.07. The minimum atomic E-state index is -0.0157. The number of aliphatic hydroxyl groups excluding tert-OH is 1. The molecular formula is C17H22N4O2S. The van der Waals surface area contributed by atoms with Crippen LogP contribution < -0.4 is 5.56 Å². The van der Waals surface area contributed by atoms with Crippen molar-refractivity contribution in [1.82, 2.24) is 19.2 Å². The molecule has 0 saturated carbocycles. The van der Waals surface area contributed by atoms with Crippen molar-refractivity contribution in [1.29, 1.82) is 0 Å². The van der Waals surface area contributed by atoms with Gasteiger partial charge in [-0.15, -0.1) is 10.2 Å². The molecule has 2 heterocycles. The van der Waals surface area contributed by atoms with Gasteiger partial charge in [0.1, 0.15) is 0 Å². The number of aromatic nitrogens is 4. The van der Waals surface area contributed by atoms with Crippen LogP contribution in [-0.4, -0.2) is 36.6 Å². The Bertz CT molecular complexity index is 901. The summed E-state index contributed by atoms with van der Waals surface area (Å²) in [6.07, 6.45) is 1.61. The number of fused-ring (bicyclic) bond motifs is 3. The molecule has 24 heavy (non-hydrogen) atoms. The maximum atomic E-state index is 12.9. The smallest absolute Gasteiger partial charge is 0.262 e. The van der Waals surface area contributed by atoms with Crippen molar-refractivity contribution in [2.24, 2.45) is 5.92 Å². The van der Waals surface area contributed by atoms with Gasteiger partial charge < -0.3 is 5.11 Å². The largest absolute Gasteiger partial charge is 0.396 e. The van der Waals surface area contributed by atoms with Gasteiger partial charge >= 0.3 is 0 Å². The summed E-state index contributed by atoms with van der Waals surface area (Å²) in [5.41, 5.74) is 0.813. The fourth-order valence-corrected chi connectivity index (χ4v) is 3.51. The molecule has 1 N–H and O–H groups in total. The van der Waals surface area contributed by atoms with Crippen LogP contribution in [0.1, 0.15) is 26.7 Å². The standard InChI is InChI=1S/C17H22N4O2S/c1-12(2)8-9-20-15(23)13-6-3-4-7-14(13)21-16(20)18-19-17(21)24-11-5-10-22/h3-4,6-7,12,22H,5,8-11H2,1-2H3. The van der Waals surface area contributed by atoms with Crippen molar-refractivity contribution in [3.05, 3.63) is 34.6 Å². The Balaban J connectivity index is 2.19. The van der Waals surface area contributed by atoms with E-state index in [1.54, 1.807) is 16.3 Å². The molecule has 0 aliphatic rings. The van der Waals surface area contributed by atoms with Crippen molar-refractivity contribution in [2.45, 2.75) is 38.4 Å². The molecule has 0 radical (unpaired) electrons. The van der Waals surface area contributed by atoms with E-state index in [9.17, 15) is 4.79 Å². The summed E-state index contributed by atoms with van der Waals surface area (Å²) in [5.74, 6) is 1.85. The first kappa shape index (κ1) is 17.0. The van der Waals surface area contributed by atoms with Crippen LogP contribution in [0.3, 0.4) is 0 Å². The summed E-state index contributed by atoms with van der Waals surface area (Å²) in [5, 5.41) is 19.0. The lowest BCUT2D eigenvalue weighted by Gasteiger charge is -2.12. The molecule has 3 rings (SSSR count). The Morgan fingerprint density at radius 3 is 2.79 bits per heavy atom. The van der Waals surface area contributed by atoms with Gasteiger partial charge in [-0.1, -0.05) is 37.7 Å². The van der Waals surface area contributed by atoms with Crippen LogP contribution >= 0.6 is 11.8 Å². The van der Waals surface area contributed by atoms with Crippen LogP contribution in [0.2, 0.25) is 0 Å². The molecule has 6 nitrogen and oxygen atoms in total. The van der Waals surface area contributed by atoms with E-state index in [0.717, 1.165) is 22.8 Å². The van der Waals surface area contributed by atoms with E-state index in [1.165, 1.54) is 0 Å². The second kappa shape index (κ2) is 7.36. The van der Waals surface area contributed by atoms with Crippen LogP contribution in [0.5, 0.6) is 0 Å². The van der Waals surface area contributed by atoms with Gasteiger partial charge in [-0.2, -0.15) is 0 Å². The molecule has 0 aliphatic carbocycles. The molecule has 0 amide bonds. The molecule has 7 heteroatoms. The fraction of sp³-hybridized carbons (Fsp3) is 0.471. The van der Waals surface area contributed by atoms with E-state index in [0.29, 0.717) is 30.0 Å². The quantitative estimate of drug-likeness (QED) is 0.526. The first-order valence-corrected chi connectivity index (χ1v) is 9.22. The monoisotopic (exact) mass is 346 g/mol. The molecule has 2 aromatic heterocycles. The highest BCUT2D eigenvalue weighted by Gasteiger charge is 2.16. The number of benzene rings is 1. The fourth-order valence-electron chi connectivity index (χ4n) is 2.64. The zero-order valence-electron chi connectivity index (χ0n) is 14.0. The van der Waals surface area contributed by atoms with Gasteiger partial charge in [0.15, 0.2) is 5.16 Å². The lowest BCUT2D eigenvalue weighted by atomic mass is 10.1. The molecule has 0 saturated heterocycles. The lowest BCUT2D eigenvalue weighted by Crippen LogP contribution is -2.24. The number of hydrogen-bond donors (Lipinski definition) is 1. The van der Waals surface area contributed by atoms with Crippen LogP contribution in [0, 0.1) is 5.92 Å². The molecule has 128 valence electrons. The molecule has 0 aliphatic heterocycles. The third kappa shape index (κ3) is 3.18. The number of aryl methyl sites for hydroxylation is 1. The van der Waals surface area contributed by atoms with E-state index in [4.69, 9.17) is 5.11 Å². The second-order valence-corrected chi connectivity index (χ2v) is 7.26. The number of nitrogens with zero attached hydrogens (tertiary/aromatic N) is 4. The first-order valence-electron chi connectivity index (χ1n) is 8.23. The van der Waals surface area contributed by atoms with Crippen LogP contribution in [-0.2, 0) is 6.54 Å². The summed E-state index contributed by atoms with van der Waals surface area (Å²) in [7, 11) is 0. The highest BCUT2D eigenvalue weighted by Crippen LogP contribution is 2.22. The molecule has 0 unspecified atom stereocenters. The van der Waals surface area contributed by atoms with Gasteiger partial charge in [0.05, 0.1) is 10.9 Å². The molecule has 0 bridgehead atoms. The zero-order chi connectivity index (χ0) is 17.1. The average Bonchev–Trinajstić information content (AvgIpc) is 2.99. The van der Waals surface area contributed by atoms with E-state index in [1.807, 2.05) is 28.7 Å². The van der Waals surface area contributed by atoms with Gasteiger partial charge in [-0.3, -0.25) is 13.8 Å². The van der Waals surface area contributed by atoms with Crippen molar-refractivity contribution < 1.29 is 5.11 Å². The second-order valence-electron chi connectivity index (χ2n) is 6.20. The highest BCUT2D eigenvalue weighted by atomic mass is 32.2. The van der Waals surface area contributed by atoms with Gasteiger partial charge in [-0.25, -0.2) is 0 Å². The van der Waals surface area contributed by atoms with E-state index in [2.05, 4.69) is 24.0 Å². The highest BCUT2D eigenvalue weighted by molar-refractivity contribution is 7.99. The summed E-state index contributed by atoms with van der Waals surface area (Å²) in [6, 6.07) is 7.58. The molecule has 0 fully saturated rings. The van der Waals surface area contributed by atoms with E-state index < -0.39 is 0 Å². The SMILES string of the molecule is CC(C)CCn1c(=O)c2ccccc2n2c(SCCCO)nnc12. The first-order chi connectivity index (χ1) is 11.6. The maximum Gasteiger partial charge on any atom is 0.262 e. The zero-order valence-corrected chi connectivity index (χ0v) is 14.8. The minimum Gasteiger partial charge on any atom is -0.396 e. The molecule has 0 atom stereocenters. The summed E-state index contributed by atoms with van der Waals surface area (Å²) >= 11 is 1.55. The average molecular weight is 346 g/mol. The van der Waals surface area contributed by atoms with Crippen molar-refractivity contribution in [2.75, 3.05) is 12.4 Å². The molecule has 3 aromatic rings. The number of thioether (sulfide) groups is 1. The third-order valence-corrected chi connectivity index (χ3v) is 4.96.